The van der Waals surface area contributed by atoms with Gasteiger partial charge in [0.25, 0.3) is 0 Å². The van der Waals surface area contributed by atoms with Crippen molar-refractivity contribution < 1.29 is 17.4 Å². The van der Waals surface area contributed by atoms with Crippen LogP contribution in [0.25, 0.3) is 0 Å². The van der Waals surface area contributed by atoms with E-state index >= 15 is 0 Å². The van der Waals surface area contributed by atoms with Crippen molar-refractivity contribution in [3.8, 4) is 0 Å². The van der Waals surface area contributed by atoms with Crippen LogP contribution >= 0.6 is 0 Å². The van der Waals surface area contributed by atoms with E-state index in [4.69, 9.17) is 8.94 Å². The molecule has 0 amide bonds. The van der Waals surface area contributed by atoms with Crippen LogP contribution in [0.5, 0.6) is 0 Å². The van der Waals surface area contributed by atoms with E-state index in [0.717, 1.165) is 6.54 Å². The third-order valence-electron chi connectivity index (χ3n) is 2.88. The first-order valence-electron chi connectivity index (χ1n) is 6.64. The van der Waals surface area contributed by atoms with Gasteiger partial charge in [0.2, 0.25) is 10.0 Å². The summed E-state index contributed by atoms with van der Waals surface area (Å²) in [5.74, 6) is 1.59. The number of nitrogens with one attached hydrogen (secondary N) is 2. The number of nitrogens with zero attached hydrogens (tertiary/aromatic N) is 1. The van der Waals surface area contributed by atoms with E-state index in [9.17, 15) is 8.42 Å². The number of sulfonamides is 1. The Morgan fingerprint density at radius 2 is 2.00 bits per heavy atom. The molecule has 0 fully saturated rings. The van der Waals surface area contributed by atoms with Crippen LogP contribution in [0.4, 0.5) is 0 Å². The summed E-state index contributed by atoms with van der Waals surface area (Å²) < 4.78 is 37.4. The minimum Gasteiger partial charge on any atom is -0.464 e. The fourth-order valence-electron chi connectivity index (χ4n) is 1.87. The highest BCUT2D eigenvalue weighted by molar-refractivity contribution is 7.89. The Balaban J connectivity index is 2.09. The Labute approximate surface area is 123 Å². The standard InChI is InChI=1S/C13H19N3O4S/c1-4-14-8-12-6-13(10(3)19-12)21(17,18)15-7-11-5-9(2)20-16-11/h5-6,14-15H,4,7-8H2,1-3H3. The summed E-state index contributed by atoms with van der Waals surface area (Å²) in [6.07, 6.45) is 0. The molecule has 7 nitrogen and oxygen atoms in total. The molecular weight excluding hydrogens is 294 g/mol. The van der Waals surface area contributed by atoms with Crippen molar-refractivity contribution in [1.82, 2.24) is 15.2 Å². The lowest BCUT2D eigenvalue weighted by Crippen LogP contribution is -2.23. The predicted molar refractivity (Wildman–Crippen MR) is 76.1 cm³/mol. The number of hydrogen-bond acceptors (Lipinski definition) is 6. The molecule has 2 N–H and O–H groups in total. The van der Waals surface area contributed by atoms with Crippen molar-refractivity contribution >= 4 is 10.0 Å². The van der Waals surface area contributed by atoms with Gasteiger partial charge in [-0.25, -0.2) is 13.1 Å². The van der Waals surface area contributed by atoms with Gasteiger partial charge in [-0.2, -0.15) is 0 Å². The van der Waals surface area contributed by atoms with Gasteiger partial charge in [0, 0.05) is 12.1 Å². The molecule has 0 bridgehead atoms. The molecule has 2 aromatic heterocycles. The fraction of sp³-hybridized carbons (Fsp3) is 0.462. The molecule has 0 aliphatic heterocycles. The SMILES string of the molecule is CCNCc1cc(S(=O)(=O)NCc2cc(C)on2)c(C)o1. The highest BCUT2D eigenvalue weighted by Gasteiger charge is 2.21. The second-order valence-electron chi connectivity index (χ2n) is 4.67. The monoisotopic (exact) mass is 313 g/mol. The Bertz CT molecular complexity index is 703. The van der Waals surface area contributed by atoms with Crippen molar-refractivity contribution in [3.63, 3.8) is 0 Å². The highest BCUT2D eigenvalue weighted by Crippen LogP contribution is 2.20. The van der Waals surface area contributed by atoms with Crippen molar-refractivity contribution in [2.24, 2.45) is 0 Å². The molecule has 0 spiro atoms. The van der Waals surface area contributed by atoms with Gasteiger partial charge in [-0.3, -0.25) is 0 Å². The van der Waals surface area contributed by atoms with Gasteiger partial charge in [-0.05, 0) is 20.4 Å². The molecular formula is C13H19N3O4S. The number of aryl methyl sites for hydroxylation is 2. The molecule has 2 aromatic rings. The zero-order chi connectivity index (χ0) is 15.5. The van der Waals surface area contributed by atoms with Crippen molar-refractivity contribution in [3.05, 3.63) is 35.1 Å². The first-order valence-corrected chi connectivity index (χ1v) is 8.12. The van der Waals surface area contributed by atoms with Crippen molar-refractivity contribution in [1.29, 1.82) is 0 Å². The van der Waals surface area contributed by atoms with Gasteiger partial charge in [0.15, 0.2) is 0 Å². The maximum Gasteiger partial charge on any atom is 0.244 e. The van der Waals surface area contributed by atoms with E-state index in [1.807, 2.05) is 6.92 Å². The van der Waals surface area contributed by atoms with Crippen LogP contribution < -0.4 is 10.0 Å². The lowest BCUT2D eigenvalue weighted by atomic mass is 10.4. The van der Waals surface area contributed by atoms with Crippen LogP contribution in [-0.4, -0.2) is 20.1 Å². The Kier molecular flexibility index (Phi) is 4.81. The van der Waals surface area contributed by atoms with Crippen LogP contribution in [-0.2, 0) is 23.1 Å². The molecule has 2 rings (SSSR count). The Morgan fingerprint density at radius 1 is 1.24 bits per heavy atom. The van der Waals surface area contributed by atoms with Crippen LogP contribution in [0.2, 0.25) is 0 Å². The van der Waals surface area contributed by atoms with Gasteiger partial charge < -0.3 is 14.3 Å². The van der Waals surface area contributed by atoms with E-state index in [-0.39, 0.29) is 11.4 Å². The Morgan fingerprint density at radius 3 is 2.62 bits per heavy atom. The van der Waals surface area contributed by atoms with Gasteiger partial charge in [-0.1, -0.05) is 12.1 Å². The smallest absolute Gasteiger partial charge is 0.244 e. The van der Waals surface area contributed by atoms with Gasteiger partial charge in [0.05, 0.1) is 18.8 Å². The zero-order valence-corrected chi connectivity index (χ0v) is 13.1. The molecule has 8 heteroatoms. The number of hydrogen-bond donors (Lipinski definition) is 2. The molecule has 116 valence electrons. The summed E-state index contributed by atoms with van der Waals surface area (Å²) in [7, 11) is -3.64. The minimum atomic E-state index is -3.64. The average molecular weight is 313 g/mol. The number of aromatic nitrogens is 1. The van der Waals surface area contributed by atoms with Crippen LogP contribution in [0.3, 0.4) is 0 Å². The molecule has 0 aromatic carbocycles. The molecule has 2 heterocycles. The van der Waals surface area contributed by atoms with Crippen LogP contribution in [0, 0.1) is 13.8 Å². The number of furan rings is 1. The van der Waals surface area contributed by atoms with Gasteiger partial charge in [0.1, 0.15) is 22.2 Å². The fourth-order valence-corrected chi connectivity index (χ4v) is 3.07. The Hall–Kier alpha value is -1.64. The quantitative estimate of drug-likeness (QED) is 0.803. The molecule has 0 saturated heterocycles. The predicted octanol–water partition coefficient (Wildman–Crippen LogP) is 1.47. The molecule has 0 unspecified atom stereocenters. The molecule has 21 heavy (non-hydrogen) atoms. The van der Waals surface area contributed by atoms with Crippen LogP contribution in [0.1, 0.15) is 29.9 Å². The van der Waals surface area contributed by atoms with Gasteiger partial charge >= 0.3 is 0 Å². The number of rotatable bonds is 7. The second-order valence-corrected chi connectivity index (χ2v) is 6.40. The first kappa shape index (κ1) is 15.7. The minimum absolute atomic E-state index is 0.0762. The third kappa shape index (κ3) is 3.93. The van der Waals surface area contributed by atoms with E-state index in [1.54, 1.807) is 19.9 Å². The summed E-state index contributed by atoms with van der Waals surface area (Å²) in [6.45, 7) is 6.70. The maximum absolute atomic E-state index is 12.3. The normalized spacial score (nSPS) is 12.0. The van der Waals surface area contributed by atoms with E-state index in [1.165, 1.54) is 6.07 Å². The highest BCUT2D eigenvalue weighted by atomic mass is 32.2. The van der Waals surface area contributed by atoms with Gasteiger partial charge in [-0.15, -0.1) is 0 Å². The van der Waals surface area contributed by atoms with E-state index in [2.05, 4.69) is 15.2 Å². The zero-order valence-electron chi connectivity index (χ0n) is 12.3. The second kappa shape index (κ2) is 6.42. The summed E-state index contributed by atoms with van der Waals surface area (Å²) in [4.78, 5) is 0.149. The topological polar surface area (TPSA) is 97.4 Å². The summed E-state index contributed by atoms with van der Waals surface area (Å²) in [5, 5.41) is 6.83. The van der Waals surface area contributed by atoms with Crippen molar-refractivity contribution in [2.45, 2.75) is 38.8 Å². The van der Waals surface area contributed by atoms with Crippen molar-refractivity contribution in [2.75, 3.05) is 6.54 Å². The maximum atomic E-state index is 12.3. The first-order chi connectivity index (χ1) is 9.92. The van der Waals surface area contributed by atoms with Crippen LogP contribution in [0.15, 0.2) is 26.0 Å². The molecule has 0 aliphatic rings. The lowest BCUT2D eigenvalue weighted by molar-refractivity contribution is 0.390. The largest absolute Gasteiger partial charge is 0.464 e. The molecule has 0 radical (unpaired) electrons. The lowest BCUT2D eigenvalue weighted by Gasteiger charge is -2.02. The summed E-state index contributed by atoms with van der Waals surface area (Å²) in [6, 6.07) is 3.22. The van der Waals surface area contributed by atoms with E-state index < -0.39 is 10.0 Å². The third-order valence-corrected chi connectivity index (χ3v) is 4.39. The molecule has 0 aliphatic carbocycles. The molecule has 0 saturated carbocycles. The summed E-state index contributed by atoms with van der Waals surface area (Å²) in [5.41, 5.74) is 0.532. The average Bonchev–Trinajstić information content (AvgIpc) is 3.00. The van der Waals surface area contributed by atoms with E-state index in [0.29, 0.717) is 29.5 Å². The molecule has 0 atom stereocenters. The summed E-state index contributed by atoms with van der Waals surface area (Å²) >= 11 is 0.